The van der Waals surface area contributed by atoms with Crippen LogP contribution in [0.15, 0.2) is 0 Å². The van der Waals surface area contributed by atoms with E-state index in [0.717, 1.165) is 0 Å². The zero-order valence-electron chi connectivity index (χ0n) is 38.7. The minimum Gasteiger partial charge on any atom is -0.394 e. The van der Waals surface area contributed by atoms with Crippen LogP contribution in [0, 0.1) is 0 Å². The smallest absolute Gasteiger partial charge is 0.187 e. The van der Waals surface area contributed by atoms with Gasteiger partial charge in [-0.15, -0.1) is 0 Å². The van der Waals surface area contributed by atoms with E-state index in [1.807, 2.05) is 0 Å². The molecule has 34 heteroatoms. The van der Waals surface area contributed by atoms with E-state index in [4.69, 9.17) is 61.6 Å². The quantitative estimate of drug-likeness (QED) is 0.0643. The molecule has 33 atom stereocenters. The molecule has 0 aromatic carbocycles. The summed E-state index contributed by atoms with van der Waals surface area (Å²) in [6.45, 7) is -5.80. The van der Waals surface area contributed by atoms with Crippen LogP contribution in [0.4, 0.5) is 0 Å². The van der Waals surface area contributed by atoms with Gasteiger partial charge in [0.05, 0.1) is 46.2 Å². The van der Waals surface area contributed by atoms with Gasteiger partial charge in [-0.1, -0.05) is 0 Å². The van der Waals surface area contributed by atoms with Gasteiger partial charge in [0.25, 0.3) is 0 Å². The van der Waals surface area contributed by atoms with Gasteiger partial charge in [-0.2, -0.15) is 0 Å². The standard InChI is InChI=1S/C40H68O34/c41-1-10-17(48)19(50)26(57)36(67-10)72-31-13(6-64-35-25(56)15(46)8(44)4-62-35)69-39(29(60)23(31)54)73-32-14(70-38(28(59)22(32)53)71-30-12(3-43)66-34(61)24(55)21(30)52)7-65-40-33(16(47)9(45)5-63-40)74-37-27(58)20(51)18(49)11(2-42)68-37/h8-61H,1-7H2/t8-,9-,10-,11-,12-,13-,14-,15+,16+,17-,18+,19+,20+,21-,22-,23+,24-,25-,26-,27-,28-,29-,30-,31-,32-,33-,34?,35-,36+,37+,38+,39+,40-/m1/s1. The average Bonchev–Trinajstić information content (AvgIpc) is 3.38. The van der Waals surface area contributed by atoms with Crippen molar-refractivity contribution in [3.63, 3.8) is 0 Å². The Bertz CT molecular complexity index is 1710. The topological polar surface area (TPSA) is 545 Å². The number of hydrogen-bond acceptors (Lipinski definition) is 34. The van der Waals surface area contributed by atoms with E-state index in [1.54, 1.807) is 0 Å². The molecule has 0 aromatic rings. The van der Waals surface area contributed by atoms with E-state index in [9.17, 15) is 107 Å². The highest BCUT2D eigenvalue weighted by Crippen LogP contribution is 2.36. The highest BCUT2D eigenvalue weighted by Gasteiger charge is 2.57. The fourth-order valence-corrected chi connectivity index (χ4v) is 9.21. The van der Waals surface area contributed by atoms with Crippen molar-refractivity contribution in [3.05, 3.63) is 0 Å². The third-order valence-electron chi connectivity index (χ3n) is 13.7. The Morgan fingerprint density at radius 2 is 0.622 bits per heavy atom. The Labute approximate surface area is 417 Å². The van der Waals surface area contributed by atoms with Crippen LogP contribution in [0.2, 0.25) is 0 Å². The van der Waals surface area contributed by atoms with Gasteiger partial charge in [0.1, 0.15) is 159 Å². The maximum Gasteiger partial charge on any atom is 0.187 e. The average molecular weight is 1090 g/mol. The Hall–Kier alpha value is -1.36. The highest BCUT2D eigenvalue weighted by atomic mass is 16.8. The summed E-state index contributed by atoms with van der Waals surface area (Å²) in [5.74, 6) is 0. The minimum atomic E-state index is -2.31. The van der Waals surface area contributed by atoms with Gasteiger partial charge in [0.15, 0.2) is 44.0 Å². The van der Waals surface area contributed by atoms with Crippen molar-refractivity contribution in [2.24, 2.45) is 0 Å². The molecule has 74 heavy (non-hydrogen) atoms. The van der Waals surface area contributed by atoms with Crippen molar-refractivity contribution >= 4 is 0 Å². The molecule has 0 saturated carbocycles. The van der Waals surface area contributed by atoms with Crippen molar-refractivity contribution in [3.8, 4) is 0 Å². The second-order valence-corrected chi connectivity index (χ2v) is 18.8. The number of rotatable bonds is 17. The molecular weight excluding hydrogens is 1020 g/mol. The molecule has 0 aliphatic carbocycles. The second kappa shape index (κ2) is 25.8. The van der Waals surface area contributed by atoms with Crippen LogP contribution in [-0.4, -0.2) is 356 Å². The lowest BCUT2D eigenvalue weighted by molar-refractivity contribution is -0.394. The van der Waals surface area contributed by atoms with Gasteiger partial charge in [-0.25, -0.2) is 0 Å². The molecule has 7 aliphatic rings. The zero-order valence-corrected chi connectivity index (χ0v) is 38.7. The Morgan fingerprint density at radius 3 is 1.07 bits per heavy atom. The van der Waals surface area contributed by atoms with Crippen molar-refractivity contribution in [2.75, 3.05) is 46.2 Å². The van der Waals surface area contributed by atoms with E-state index >= 15 is 0 Å². The summed E-state index contributed by atoms with van der Waals surface area (Å²) in [7, 11) is 0. The summed E-state index contributed by atoms with van der Waals surface area (Å²) in [5.41, 5.74) is 0. The van der Waals surface area contributed by atoms with Gasteiger partial charge >= 0.3 is 0 Å². The minimum absolute atomic E-state index is 0.551. The lowest BCUT2D eigenvalue weighted by atomic mass is 9.95. The largest absolute Gasteiger partial charge is 0.394 e. The Balaban J connectivity index is 1.16. The fraction of sp³-hybridized carbons (Fsp3) is 1.00. The summed E-state index contributed by atoms with van der Waals surface area (Å²) in [5, 5.41) is 222. The molecule has 0 spiro atoms. The van der Waals surface area contributed by atoms with Gasteiger partial charge < -0.3 is 169 Å². The molecule has 7 aliphatic heterocycles. The van der Waals surface area contributed by atoms with Crippen LogP contribution < -0.4 is 0 Å². The summed E-state index contributed by atoms with van der Waals surface area (Å²) in [4.78, 5) is 0. The lowest BCUT2D eigenvalue weighted by Gasteiger charge is -2.49. The number of aliphatic hydroxyl groups excluding tert-OH is 21. The number of aliphatic hydroxyl groups is 21. The van der Waals surface area contributed by atoms with Crippen molar-refractivity contribution in [1.29, 1.82) is 0 Å². The van der Waals surface area contributed by atoms with Gasteiger partial charge in [-0.05, 0) is 0 Å². The molecule has 0 radical (unpaired) electrons. The molecule has 7 heterocycles. The third kappa shape index (κ3) is 12.6. The number of ether oxygens (including phenoxy) is 13. The van der Waals surface area contributed by atoms with Crippen LogP contribution >= 0.6 is 0 Å². The lowest BCUT2D eigenvalue weighted by Crippen LogP contribution is -2.68. The first-order chi connectivity index (χ1) is 35.0. The summed E-state index contributed by atoms with van der Waals surface area (Å²) < 4.78 is 73.3. The van der Waals surface area contributed by atoms with Gasteiger partial charge in [0, 0.05) is 0 Å². The molecule has 0 aromatic heterocycles. The number of hydrogen-bond donors (Lipinski definition) is 21. The molecule has 1 unspecified atom stereocenters. The Kier molecular flexibility index (Phi) is 21.0. The van der Waals surface area contributed by atoms with E-state index in [1.165, 1.54) is 0 Å². The maximum atomic E-state index is 11.8. The summed E-state index contributed by atoms with van der Waals surface area (Å²) >= 11 is 0. The fourth-order valence-electron chi connectivity index (χ4n) is 9.21. The first kappa shape index (κ1) is 60.3. The second-order valence-electron chi connectivity index (χ2n) is 18.8. The van der Waals surface area contributed by atoms with Crippen molar-refractivity contribution < 1.29 is 169 Å². The first-order valence-corrected chi connectivity index (χ1v) is 23.5. The molecule has 0 bridgehead atoms. The molecule has 0 amide bonds. The van der Waals surface area contributed by atoms with Gasteiger partial charge in [-0.3, -0.25) is 0 Å². The molecule has 21 N–H and O–H groups in total. The van der Waals surface area contributed by atoms with Crippen molar-refractivity contribution in [2.45, 2.75) is 203 Å². The maximum absolute atomic E-state index is 11.8. The predicted octanol–water partition coefficient (Wildman–Crippen LogP) is -15.0. The van der Waals surface area contributed by atoms with Crippen LogP contribution in [0.3, 0.4) is 0 Å². The molecule has 7 fully saturated rings. The highest BCUT2D eigenvalue weighted by molar-refractivity contribution is 4.99. The van der Waals surface area contributed by atoms with E-state index in [2.05, 4.69) is 0 Å². The van der Waals surface area contributed by atoms with Crippen LogP contribution in [0.25, 0.3) is 0 Å². The van der Waals surface area contributed by atoms with E-state index in [-0.39, 0.29) is 0 Å². The van der Waals surface area contributed by atoms with E-state index < -0.39 is 249 Å². The van der Waals surface area contributed by atoms with Crippen LogP contribution in [-0.2, 0) is 61.6 Å². The van der Waals surface area contributed by atoms with Crippen LogP contribution in [0.5, 0.6) is 0 Å². The zero-order chi connectivity index (χ0) is 54.2. The van der Waals surface area contributed by atoms with Crippen LogP contribution in [0.1, 0.15) is 0 Å². The molecule has 432 valence electrons. The summed E-state index contributed by atoms with van der Waals surface area (Å²) in [6.07, 6.45) is -63.8. The molecule has 7 rings (SSSR count). The molecular formula is C40H68O34. The molecule has 7 saturated heterocycles. The predicted molar refractivity (Wildman–Crippen MR) is 220 cm³/mol. The Morgan fingerprint density at radius 1 is 0.284 bits per heavy atom. The monoisotopic (exact) mass is 1090 g/mol. The SMILES string of the molecule is OC[C@H]1O[C@@H](O[C@H]2[C@@H](OC[C@H]3O[C@@H](O[C@H]4[C@H](O)[C@@H](O)C(O)O[C@@H]4CO)[C@H](O)[C@@H](O)[C@@H]3O[C@@H]3O[C@H](CO[C@H]4OC[C@@H](O)[C@H](O)[C@H]4O)[C@@H](O[C@@H]4O[C@H](CO)[C@@H](O)[C@H](O)[C@H]4O)[C@@H](O)[C@H]3O)OC[C@@H](O)[C@@H]2O)[C@H](O)[C@@H](O)[C@H]1O. The normalized spacial score (nSPS) is 53.7. The summed E-state index contributed by atoms with van der Waals surface area (Å²) in [6, 6.07) is 0. The van der Waals surface area contributed by atoms with E-state index in [0.29, 0.717) is 0 Å². The third-order valence-corrected chi connectivity index (χ3v) is 13.7. The van der Waals surface area contributed by atoms with Gasteiger partial charge in [0.2, 0.25) is 0 Å². The molecule has 34 nitrogen and oxygen atoms in total. The van der Waals surface area contributed by atoms with Crippen molar-refractivity contribution in [1.82, 2.24) is 0 Å². The first-order valence-electron chi connectivity index (χ1n) is 23.5.